The summed E-state index contributed by atoms with van der Waals surface area (Å²) in [4.78, 5) is 11.2. The van der Waals surface area contributed by atoms with E-state index in [0.29, 0.717) is 18.7 Å². The zero-order chi connectivity index (χ0) is 13.2. The zero-order valence-electron chi connectivity index (χ0n) is 10.1. The van der Waals surface area contributed by atoms with E-state index in [1.54, 1.807) is 36.6 Å². The predicted octanol–water partition coefficient (Wildman–Crippen LogP) is 2.66. The predicted molar refractivity (Wildman–Crippen MR) is 65.8 cm³/mol. The molecular weight excluding hydrogens is 233 g/mol. The molecule has 0 bridgehead atoms. The van der Waals surface area contributed by atoms with Gasteiger partial charge in [0.1, 0.15) is 18.6 Å². The lowest BCUT2D eigenvalue weighted by atomic mass is 10.1. The van der Waals surface area contributed by atoms with Crippen LogP contribution in [0.2, 0.25) is 0 Å². The van der Waals surface area contributed by atoms with Gasteiger partial charge < -0.3 is 5.11 Å². The molecular formula is C14H15FNO2+. The van der Waals surface area contributed by atoms with Gasteiger partial charge in [-0.2, -0.15) is 0 Å². The quantitative estimate of drug-likeness (QED) is 0.832. The van der Waals surface area contributed by atoms with Crippen LogP contribution in [0.15, 0.2) is 48.3 Å². The third-order valence-electron chi connectivity index (χ3n) is 3.30. The molecule has 0 amide bonds. The van der Waals surface area contributed by atoms with Gasteiger partial charge in [0.25, 0.3) is 0 Å². The second kappa shape index (κ2) is 4.74. The summed E-state index contributed by atoms with van der Waals surface area (Å²) in [6, 6.07) is 6.47. The number of aliphatic carboxylic acids is 1. The average molecular weight is 248 g/mol. The monoisotopic (exact) mass is 248 g/mol. The van der Waals surface area contributed by atoms with Crippen LogP contribution >= 0.6 is 0 Å². The summed E-state index contributed by atoms with van der Waals surface area (Å²) < 4.78 is 13.8. The Bertz CT molecular complexity index is 536. The van der Waals surface area contributed by atoms with Gasteiger partial charge in [0.15, 0.2) is 0 Å². The number of quaternary nitrogens is 1. The van der Waals surface area contributed by atoms with Gasteiger partial charge in [0.2, 0.25) is 5.70 Å². The van der Waals surface area contributed by atoms with Crippen molar-refractivity contribution in [3.8, 4) is 0 Å². The van der Waals surface area contributed by atoms with Crippen molar-refractivity contribution in [2.24, 2.45) is 0 Å². The smallest absolute Gasteiger partial charge is 0.390 e. The third kappa shape index (κ3) is 2.07. The summed E-state index contributed by atoms with van der Waals surface area (Å²) in [5, 5.41) is 9.21. The molecule has 1 unspecified atom stereocenters. The first-order valence-corrected chi connectivity index (χ1v) is 5.82. The van der Waals surface area contributed by atoms with E-state index in [4.69, 9.17) is 0 Å². The maximum absolute atomic E-state index is 13.7. The standard InChI is InChI=1S/C14H14FNO2/c1-2-16(9-5-8-13(16)14(17)18)10-11-6-3-4-7-12(11)15/h3-9H,2,10H2,1H3/p+1. The molecule has 1 aromatic carbocycles. The van der Waals surface area contributed by atoms with E-state index in [-0.39, 0.29) is 16.0 Å². The number of halogens is 1. The van der Waals surface area contributed by atoms with Crippen LogP contribution in [0.5, 0.6) is 0 Å². The lowest BCUT2D eigenvalue weighted by Gasteiger charge is -2.31. The van der Waals surface area contributed by atoms with Crippen LogP contribution in [0.3, 0.4) is 0 Å². The highest BCUT2D eigenvalue weighted by atomic mass is 19.1. The topological polar surface area (TPSA) is 37.3 Å². The number of hydrogen-bond acceptors (Lipinski definition) is 1. The Labute approximate surface area is 105 Å². The summed E-state index contributed by atoms with van der Waals surface area (Å²) in [6.45, 7) is 2.79. The highest BCUT2D eigenvalue weighted by Crippen LogP contribution is 2.28. The summed E-state index contributed by atoms with van der Waals surface area (Å²) in [5.41, 5.74) is 0.804. The van der Waals surface area contributed by atoms with Crippen LogP contribution in [0.1, 0.15) is 12.5 Å². The van der Waals surface area contributed by atoms with Gasteiger partial charge in [-0.1, -0.05) is 18.2 Å². The van der Waals surface area contributed by atoms with Crippen LogP contribution in [0, 0.1) is 5.82 Å². The Kier molecular flexibility index (Phi) is 3.30. The van der Waals surface area contributed by atoms with Crippen molar-refractivity contribution in [2.45, 2.75) is 13.5 Å². The van der Waals surface area contributed by atoms with Gasteiger partial charge >= 0.3 is 5.97 Å². The maximum Gasteiger partial charge on any atom is 0.390 e. The van der Waals surface area contributed by atoms with Crippen LogP contribution in [-0.2, 0) is 11.3 Å². The Morgan fingerprint density at radius 3 is 2.72 bits per heavy atom. The Balaban J connectivity index is 2.36. The number of benzene rings is 1. The molecule has 4 heteroatoms. The number of rotatable bonds is 4. The van der Waals surface area contributed by atoms with Crippen molar-refractivity contribution in [3.63, 3.8) is 0 Å². The zero-order valence-corrected chi connectivity index (χ0v) is 10.1. The van der Waals surface area contributed by atoms with Crippen molar-refractivity contribution in [1.82, 2.24) is 0 Å². The fraction of sp³-hybridized carbons (Fsp3) is 0.214. The summed E-state index contributed by atoms with van der Waals surface area (Å²) in [7, 11) is 0. The normalized spacial score (nSPS) is 22.0. The lowest BCUT2D eigenvalue weighted by Crippen LogP contribution is -2.42. The molecule has 3 nitrogen and oxygen atoms in total. The number of allylic oxidation sites excluding steroid dienone is 2. The second-order valence-electron chi connectivity index (χ2n) is 4.30. The molecule has 1 N–H and O–H groups in total. The molecule has 1 atom stereocenters. The second-order valence-corrected chi connectivity index (χ2v) is 4.30. The molecule has 18 heavy (non-hydrogen) atoms. The van der Waals surface area contributed by atoms with Crippen molar-refractivity contribution < 1.29 is 18.8 Å². The molecule has 0 aliphatic carbocycles. The molecule has 0 saturated carbocycles. The van der Waals surface area contributed by atoms with Gasteiger partial charge in [-0.25, -0.2) is 9.18 Å². The molecule has 94 valence electrons. The minimum absolute atomic E-state index is 0.149. The highest BCUT2D eigenvalue weighted by Gasteiger charge is 2.37. The Morgan fingerprint density at radius 2 is 2.11 bits per heavy atom. The van der Waals surface area contributed by atoms with E-state index in [1.165, 1.54) is 6.07 Å². The first-order chi connectivity index (χ1) is 8.59. The molecule has 0 saturated heterocycles. The minimum Gasteiger partial charge on any atom is -0.474 e. The fourth-order valence-electron chi connectivity index (χ4n) is 2.25. The van der Waals surface area contributed by atoms with E-state index in [1.807, 2.05) is 6.92 Å². The number of nitrogens with zero attached hydrogens (tertiary/aromatic N) is 1. The third-order valence-corrected chi connectivity index (χ3v) is 3.30. The molecule has 0 aromatic heterocycles. The molecule has 1 aliphatic rings. The van der Waals surface area contributed by atoms with Gasteiger partial charge in [-0.05, 0) is 19.1 Å². The Morgan fingerprint density at radius 1 is 1.39 bits per heavy atom. The van der Waals surface area contributed by atoms with E-state index >= 15 is 0 Å². The molecule has 0 radical (unpaired) electrons. The van der Waals surface area contributed by atoms with Gasteiger partial charge in [0.05, 0.1) is 6.54 Å². The van der Waals surface area contributed by atoms with Gasteiger partial charge in [-0.15, -0.1) is 0 Å². The molecule has 1 aromatic rings. The van der Waals surface area contributed by atoms with Crippen molar-refractivity contribution >= 4 is 5.97 Å². The molecule has 1 heterocycles. The average Bonchev–Trinajstić information content (AvgIpc) is 2.77. The van der Waals surface area contributed by atoms with Crippen molar-refractivity contribution in [2.75, 3.05) is 6.54 Å². The molecule has 0 spiro atoms. The number of carbonyl (C=O) groups is 1. The lowest BCUT2D eigenvalue weighted by molar-refractivity contribution is -0.847. The van der Waals surface area contributed by atoms with E-state index in [0.717, 1.165) is 0 Å². The van der Waals surface area contributed by atoms with Gasteiger partial charge in [0, 0.05) is 11.6 Å². The fourth-order valence-corrected chi connectivity index (χ4v) is 2.25. The first-order valence-electron chi connectivity index (χ1n) is 5.82. The minimum atomic E-state index is -0.960. The van der Waals surface area contributed by atoms with Gasteiger partial charge in [-0.3, -0.25) is 4.48 Å². The molecule has 0 fully saturated rings. The van der Waals surface area contributed by atoms with Crippen molar-refractivity contribution in [1.29, 1.82) is 0 Å². The summed E-state index contributed by atoms with van der Waals surface area (Å²) in [5.74, 6) is -1.26. The van der Waals surface area contributed by atoms with E-state index in [2.05, 4.69) is 0 Å². The maximum atomic E-state index is 13.7. The van der Waals surface area contributed by atoms with Crippen LogP contribution in [-0.4, -0.2) is 22.1 Å². The highest BCUT2D eigenvalue weighted by molar-refractivity contribution is 5.85. The largest absolute Gasteiger partial charge is 0.474 e. The SMILES string of the molecule is CC[N+]1(Cc2ccccc2F)C=CC=C1C(=O)O. The van der Waals surface area contributed by atoms with E-state index in [9.17, 15) is 14.3 Å². The first kappa shape index (κ1) is 12.5. The number of likely N-dealkylation sites (N-methyl/N-ethyl adjacent to an activating group) is 1. The van der Waals surface area contributed by atoms with E-state index < -0.39 is 5.97 Å². The van der Waals surface area contributed by atoms with Crippen molar-refractivity contribution in [3.05, 3.63) is 59.7 Å². The number of carboxylic acids is 1. The molecule has 2 rings (SSSR count). The van der Waals surface area contributed by atoms with Crippen LogP contribution < -0.4 is 0 Å². The summed E-state index contributed by atoms with van der Waals surface area (Å²) >= 11 is 0. The summed E-state index contributed by atoms with van der Waals surface area (Å²) in [6.07, 6.45) is 5.09. The Hall–Kier alpha value is -1.94. The number of hydrogen-bond donors (Lipinski definition) is 1. The van der Waals surface area contributed by atoms with Crippen LogP contribution in [0.4, 0.5) is 4.39 Å². The molecule has 1 aliphatic heterocycles. The van der Waals surface area contributed by atoms with Crippen LogP contribution in [0.25, 0.3) is 0 Å². The number of carboxylic acid groups (broad SMARTS) is 1.